The summed E-state index contributed by atoms with van der Waals surface area (Å²) < 4.78 is 29.1. The van der Waals surface area contributed by atoms with Gasteiger partial charge in [-0.15, -0.1) is 0 Å². The summed E-state index contributed by atoms with van der Waals surface area (Å²) in [6.07, 6.45) is -1.49. The molecule has 1 atom stereocenters. The quantitative estimate of drug-likeness (QED) is 0.601. The Bertz CT molecular complexity index is 830. The normalized spacial score (nSPS) is 12.0. The lowest BCUT2D eigenvalue weighted by Crippen LogP contribution is -2.34. The highest BCUT2D eigenvalue weighted by molar-refractivity contribution is 5.73. The summed E-state index contributed by atoms with van der Waals surface area (Å²) in [5, 5.41) is 12.0. The summed E-state index contributed by atoms with van der Waals surface area (Å²) in [7, 11) is 0. The van der Waals surface area contributed by atoms with E-state index < -0.39 is 29.6 Å². The van der Waals surface area contributed by atoms with E-state index in [9.17, 15) is 19.1 Å². The van der Waals surface area contributed by atoms with Gasteiger partial charge in [0.25, 0.3) is 0 Å². The third kappa shape index (κ3) is 8.38. The minimum Gasteiger partial charge on any atom is -0.492 e. The molecule has 2 aromatic rings. The molecule has 0 radical (unpaired) electrons. The molecule has 162 valence electrons. The van der Waals surface area contributed by atoms with Gasteiger partial charge in [-0.25, -0.2) is 14.0 Å². The van der Waals surface area contributed by atoms with Gasteiger partial charge in [-0.05, 0) is 62.7 Å². The lowest BCUT2D eigenvalue weighted by atomic mass is 10.1. The second-order valence-electron chi connectivity index (χ2n) is 7.52. The zero-order valence-electron chi connectivity index (χ0n) is 17.2. The molecule has 1 unspecified atom stereocenters. The fourth-order valence-corrected chi connectivity index (χ4v) is 2.43. The van der Waals surface area contributed by atoms with Gasteiger partial charge in [0.15, 0.2) is 6.10 Å². The number of alkyl carbamates (subject to hydrolysis) is 1. The van der Waals surface area contributed by atoms with E-state index in [0.717, 1.165) is 5.56 Å². The molecule has 1 amide bonds. The van der Waals surface area contributed by atoms with E-state index >= 15 is 0 Å². The van der Waals surface area contributed by atoms with E-state index in [-0.39, 0.29) is 25.3 Å². The van der Waals surface area contributed by atoms with E-state index in [1.807, 2.05) is 0 Å². The molecule has 0 aliphatic rings. The Morgan fingerprint density at radius 1 is 1.03 bits per heavy atom. The number of carboxylic acid groups (broad SMARTS) is 1. The molecule has 2 N–H and O–H groups in total. The summed E-state index contributed by atoms with van der Waals surface area (Å²) in [6, 6.07) is 12.1. The molecule has 8 heteroatoms. The third-order valence-corrected chi connectivity index (χ3v) is 3.75. The first-order chi connectivity index (χ1) is 14.1. The monoisotopic (exact) mass is 419 g/mol. The van der Waals surface area contributed by atoms with E-state index in [4.69, 9.17) is 14.2 Å². The Labute approximate surface area is 174 Å². The number of ether oxygens (including phenoxy) is 3. The lowest BCUT2D eigenvalue weighted by Gasteiger charge is -2.19. The zero-order chi connectivity index (χ0) is 22.1. The van der Waals surface area contributed by atoms with Gasteiger partial charge in [0.05, 0.1) is 6.54 Å². The molecule has 2 rings (SSSR count). The summed E-state index contributed by atoms with van der Waals surface area (Å²) >= 11 is 0. The maximum atomic E-state index is 13.0. The molecule has 0 bridgehead atoms. The molecule has 0 heterocycles. The Morgan fingerprint density at radius 3 is 2.20 bits per heavy atom. The SMILES string of the molecule is CC(C)(C)OC(=O)NCCOc1ccc(CC(Oc2ccc(F)cc2)C(=O)O)cc1. The van der Waals surface area contributed by atoms with Gasteiger partial charge in [0.2, 0.25) is 0 Å². The van der Waals surface area contributed by atoms with Crippen molar-refractivity contribution in [1.29, 1.82) is 0 Å². The van der Waals surface area contributed by atoms with Gasteiger partial charge in [-0.3, -0.25) is 0 Å². The highest BCUT2D eigenvalue weighted by Gasteiger charge is 2.20. The minimum absolute atomic E-state index is 0.132. The highest BCUT2D eigenvalue weighted by Crippen LogP contribution is 2.18. The van der Waals surface area contributed by atoms with Gasteiger partial charge in [-0.1, -0.05) is 12.1 Å². The Hall–Kier alpha value is -3.29. The van der Waals surface area contributed by atoms with E-state index in [1.165, 1.54) is 24.3 Å². The molecule has 0 aliphatic heterocycles. The van der Waals surface area contributed by atoms with E-state index in [1.54, 1.807) is 45.0 Å². The highest BCUT2D eigenvalue weighted by atomic mass is 19.1. The maximum absolute atomic E-state index is 13.0. The van der Waals surface area contributed by atoms with Crippen LogP contribution in [0.3, 0.4) is 0 Å². The van der Waals surface area contributed by atoms with Crippen molar-refractivity contribution in [1.82, 2.24) is 5.32 Å². The zero-order valence-corrected chi connectivity index (χ0v) is 17.2. The number of carbonyl (C=O) groups is 2. The number of carbonyl (C=O) groups excluding carboxylic acids is 1. The van der Waals surface area contributed by atoms with E-state index in [0.29, 0.717) is 5.75 Å². The van der Waals surface area contributed by atoms with Crippen LogP contribution in [0.25, 0.3) is 0 Å². The number of halogens is 1. The third-order valence-electron chi connectivity index (χ3n) is 3.75. The van der Waals surface area contributed by atoms with Gasteiger partial charge in [0.1, 0.15) is 29.5 Å². The van der Waals surface area contributed by atoms with Crippen LogP contribution in [0, 0.1) is 5.82 Å². The standard InChI is InChI=1S/C22H26FNO6/c1-22(2,3)30-21(27)24-12-13-28-17-8-4-15(5-9-17)14-19(20(25)26)29-18-10-6-16(23)7-11-18/h4-11,19H,12-14H2,1-3H3,(H,24,27)(H,25,26). The number of rotatable bonds is 9. The van der Waals surface area contributed by atoms with Crippen LogP contribution >= 0.6 is 0 Å². The van der Waals surface area contributed by atoms with Crippen LogP contribution in [0.4, 0.5) is 9.18 Å². The summed E-state index contributed by atoms with van der Waals surface area (Å²) in [4.78, 5) is 23.0. The summed E-state index contributed by atoms with van der Waals surface area (Å²) in [5.74, 6) is -0.684. The smallest absolute Gasteiger partial charge is 0.407 e. The first-order valence-electron chi connectivity index (χ1n) is 9.46. The van der Waals surface area contributed by atoms with Crippen molar-refractivity contribution >= 4 is 12.1 Å². The molecule has 0 saturated carbocycles. The number of carboxylic acids is 1. The summed E-state index contributed by atoms with van der Waals surface area (Å²) in [5.41, 5.74) is 0.179. The number of aliphatic carboxylic acids is 1. The predicted molar refractivity (Wildman–Crippen MR) is 108 cm³/mol. The van der Waals surface area contributed by atoms with Crippen LogP contribution in [0.15, 0.2) is 48.5 Å². The van der Waals surface area contributed by atoms with Crippen molar-refractivity contribution in [2.45, 2.75) is 38.9 Å². The Morgan fingerprint density at radius 2 is 1.63 bits per heavy atom. The molecule has 0 fully saturated rings. The number of amides is 1. The average Bonchev–Trinajstić information content (AvgIpc) is 2.66. The largest absolute Gasteiger partial charge is 0.492 e. The second kappa shape index (κ2) is 10.5. The molecule has 0 aromatic heterocycles. The van der Waals surface area contributed by atoms with Crippen LogP contribution < -0.4 is 14.8 Å². The maximum Gasteiger partial charge on any atom is 0.407 e. The van der Waals surface area contributed by atoms with Gasteiger partial charge < -0.3 is 24.6 Å². The van der Waals surface area contributed by atoms with Crippen molar-refractivity contribution in [2.24, 2.45) is 0 Å². The van der Waals surface area contributed by atoms with Crippen molar-refractivity contribution in [3.05, 3.63) is 59.9 Å². The minimum atomic E-state index is -1.12. The fraction of sp³-hybridized carbons (Fsp3) is 0.364. The first-order valence-corrected chi connectivity index (χ1v) is 9.46. The average molecular weight is 419 g/mol. The fourth-order valence-electron chi connectivity index (χ4n) is 2.43. The molecule has 0 spiro atoms. The van der Waals surface area contributed by atoms with Crippen molar-refractivity contribution in [3.63, 3.8) is 0 Å². The predicted octanol–water partition coefficient (Wildman–Crippen LogP) is 3.80. The molecule has 2 aromatic carbocycles. The van der Waals surface area contributed by atoms with Gasteiger partial charge in [-0.2, -0.15) is 0 Å². The number of benzene rings is 2. The second-order valence-corrected chi connectivity index (χ2v) is 7.52. The summed E-state index contributed by atoms with van der Waals surface area (Å²) in [6.45, 7) is 5.88. The van der Waals surface area contributed by atoms with Crippen LogP contribution in [-0.4, -0.2) is 42.0 Å². The molecule has 0 saturated heterocycles. The number of hydrogen-bond acceptors (Lipinski definition) is 5. The van der Waals surface area contributed by atoms with Crippen molar-refractivity contribution in [3.8, 4) is 11.5 Å². The van der Waals surface area contributed by atoms with Crippen LogP contribution in [0.5, 0.6) is 11.5 Å². The Kier molecular flexibility index (Phi) is 8.03. The molecule has 0 aliphatic carbocycles. The van der Waals surface area contributed by atoms with Crippen LogP contribution in [0.1, 0.15) is 26.3 Å². The van der Waals surface area contributed by atoms with Gasteiger partial charge in [0, 0.05) is 6.42 Å². The van der Waals surface area contributed by atoms with Crippen molar-refractivity contribution < 1.29 is 33.3 Å². The molecular formula is C22H26FNO6. The topological polar surface area (TPSA) is 94.1 Å². The van der Waals surface area contributed by atoms with Crippen LogP contribution in [0.2, 0.25) is 0 Å². The molecule has 30 heavy (non-hydrogen) atoms. The first kappa shape index (κ1) is 23.0. The lowest BCUT2D eigenvalue weighted by molar-refractivity contribution is -0.145. The van der Waals surface area contributed by atoms with E-state index in [2.05, 4.69) is 5.32 Å². The molecule has 7 nitrogen and oxygen atoms in total. The number of nitrogens with one attached hydrogen (secondary N) is 1. The molecular weight excluding hydrogens is 393 g/mol. The van der Waals surface area contributed by atoms with Crippen LogP contribution in [-0.2, 0) is 16.0 Å². The van der Waals surface area contributed by atoms with Gasteiger partial charge >= 0.3 is 12.1 Å². The van der Waals surface area contributed by atoms with Crippen molar-refractivity contribution in [2.75, 3.05) is 13.2 Å². The number of hydrogen-bond donors (Lipinski definition) is 2. The Balaban J connectivity index is 1.81.